The van der Waals surface area contributed by atoms with Crippen LogP contribution in [0.5, 0.6) is 5.75 Å². The van der Waals surface area contributed by atoms with Gasteiger partial charge in [0.05, 0.1) is 25.2 Å². The lowest BCUT2D eigenvalue weighted by Crippen LogP contribution is -2.16. The summed E-state index contributed by atoms with van der Waals surface area (Å²) in [5.74, 6) is 0.00102. The Kier molecular flexibility index (Phi) is 7.55. The molecule has 0 aliphatic rings. The molecule has 34 heavy (non-hydrogen) atoms. The molecule has 0 aliphatic carbocycles. The van der Waals surface area contributed by atoms with E-state index in [1.807, 2.05) is 47.8 Å². The lowest BCUT2D eigenvalue weighted by atomic mass is 10.0. The fourth-order valence-electron chi connectivity index (χ4n) is 3.13. The van der Waals surface area contributed by atoms with Crippen LogP contribution >= 0.6 is 23.1 Å². The van der Waals surface area contributed by atoms with Gasteiger partial charge in [0.2, 0.25) is 11.1 Å². The summed E-state index contributed by atoms with van der Waals surface area (Å²) in [6, 6.07) is 16.7. The molecule has 0 saturated heterocycles. The molecular weight excluding hydrogens is 474 g/mol. The highest BCUT2D eigenvalue weighted by Crippen LogP contribution is 2.36. The molecule has 2 heterocycles. The predicted molar refractivity (Wildman–Crippen MR) is 131 cm³/mol. The fourth-order valence-corrected chi connectivity index (χ4v) is 4.80. The van der Waals surface area contributed by atoms with Crippen LogP contribution < -0.4 is 10.1 Å². The van der Waals surface area contributed by atoms with Crippen molar-refractivity contribution in [2.24, 2.45) is 0 Å². The number of ether oxygens (including phenoxy) is 2. The fraction of sp³-hybridized carbons (Fsp3) is 0.174. The molecule has 0 fully saturated rings. The number of anilines is 1. The molecule has 0 saturated carbocycles. The van der Waals surface area contributed by atoms with Gasteiger partial charge in [-0.2, -0.15) is 4.68 Å². The van der Waals surface area contributed by atoms with E-state index in [1.54, 1.807) is 30.8 Å². The molecule has 0 atom stereocenters. The third kappa shape index (κ3) is 5.26. The van der Waals surface area contributed by atoms with Crippen LogP contribution in [0.3, 0.4) is 0 Å². The first-order valence-electron chi connectivity index (χ1n) is 10.3. The Morgan fingerprint density at radius 3 is 2.59 bits per heavy atom. The number of nitrogens with zero attached hydrogens (tertiary/aromatic N) is 4. The van der Waals surface area contributed by atoms with Gasteiger partial charge in [-0.05, 0) is 47.2 Å². The molecule has 174 valence electrons. The van der Waals surface area contributed by atoms with E-state index < -0.39 is 5.97 Å². The van der Waals surface area contributed by atoms with Crippen molar-refractivity contribution in [3.8, 4) is 22.6 Å². The molecule has 0 radical (unpaired) electrons. The van der Waals surface area contributed by atoms with Gasteiger partial charge in [0.25, 0.3) is 0 Å². The molecule has 9 nitrogen and oxygen atoms in total. The standard InChI is InChI=1S/C23H21N5O4S2/c1-3-32-22(30)20-18(15-7-5-4-6-8-15)13-33-21(20)24-19(29)14-34-23-25-26-27-28(23)16-9-11-17(31-2)12-10-16/h4-13H,3,14H2,1-2H3,(H,24,29). The first-order chi connectivity index (χ1) is 16.6. The van der Waals surface area contributed by atoms with Crippen molar-refractivity contribution in [3.05, 3.63) is 65.5 Å². The smallest absolute Gasteiger partial charge is 0.341 e. The number of esters is 1. The van der Waals surface area contributed by atoms with Gasteiger partial charge < -0.3 is 14.8 Å². The average molecular weight is 496 g/mol. The number of rotatable bonds is 9. The number of thioether (sulfide) groups is 1. The molecule has 0 unspecified atom stereocenters. The summed E-state index contributed by atoms with van der Waals surface area (Å²) in [7, 11) is 1.59. The second-order valence-electron chi connectivity index (χ2n) is 6.85. The molecule has 0 aliphatic heterocycles. The largest absolute Gasteiger partial charge is 0.497 e. The monoisotopic (exact) mass is 495 g/mol. The minimum Gasteiger partial charge on any atom is -0.497 e. The first kappa shape index (κ1) is 23.5. The van der Waals surface area contributed by atoms with Crippen LogP contribution in [0, 0.1) is 0 Å². The number of tetrazole rings is 1. The number of benzene rings is 2. The van der Waals surface area contributed by atoms with E-state index in [9.17, 15) is 9.59 Å². The highest BCUT2D eigenvalue weighted by atomic mass is 32.2. The number of amides is 1. The maximum Gasteiger partial charge on any atom is 0.341 e. The van der Waals surface area contributed by atoms with E-state index in [2.05, 4.69) is 20.8 Å². The molecule has 0 bridgehead atoms. The topological polar surface area (TPSA) is 108 Å². The van der Waals surface area contributed by atoms with Gasteiger partial charge in [0, 0.05) is 10.9 Å². The lowest BCUT2D eigenvalue weighted by Gasteiger charge is -2.09. The van der Waals surface area contributed by atoms with E-state index in [-0.39, 0.29) is 18.3 Å². The Labute approximate surface area is 204 Å². The maximum absolute atomic E-state index is 12.7. The van der Waals surface area contributed by atoms with Crippen LogP contribution in [0.15, 0.2) is 65.1 Å². The normalized spacial score (nSPS) is 10.6. The van der Waals surface area contributed by atoms with E-state index in [1.165, 1.54) is 23.1 Å². The number of hydrogen-bond acceptors (Lipinski definition) is 9. The minimum absolute atomic E-state index is 0.0529. The number of aromatic nitrogens is 4. The number of carbonyl (C=O) groups is 2. The SMILES string of the molecule is CCOC(=O)c1c(-c2ccccc2)csc1NC(=O)CSc1nnnn1-c1ccc(OC)cc1. The molecule has 0 spiro atoms. The van der Waals surface area contributed by atoms with Crippen LogP contribution in [-0.4, -0.2) is 51.6 Å². The van der Waals surface area contributed by atoms with E-state index in [0.717, 1.165) is 16.8 Å². The third-order valence-corrected chi connectivity index (χ3v) is 6.51. The van der Waals surface area contributed by atoms with Crippen LogP contribution in [0.4, 0.5) is 5.00 Å². The van der Waals surface area contributed by atoms with Crippen molar-refractivity contribution in [2.75, 3.05) is 24.8 Å². The Morgan fingerprint density at radius 2 is 1.88 bits per heavy atom. The Hall–Kier alpha value is -3.70. The van der Waals surface area contributed by atoms with E-state index >= 15 is 0 Å². The molecule has 11 heteroatoms. The van der Waals surface area contributed by atoms with Crippen LogP contribution in [0.1, 0.15) is 17.3 Å². The van der Waals surface area contributed by atoms with Gasteiger partial charge in [-0.25, -0.2) is 4.79 Å². The summed E-state index contributed by atoms with van der Waals surface area (Å²) in [4.78, 5) is 25.4. The summed E-state index contributed by atoms with van der Waals surface area (Å²) in [5, 5.41) is 17.3. The first-order valence-corrected chi connectivity index (χ1v) is 12.2. The number of nitrogens with one attached hydrogen (secondary N) is 1. The van der Waals surface area contributed by atoms with Crippen molar-refractivity contribution in [1.82, 2.24) is 20.2 Å². The number of thiophene rings is 1. The average Bonchev–Trinajstić information content (AvgIpc) is 3.51. The molecule has 4 rings (SSSR count). The Bertz CT molecular complexity index is 1270. The quantitative estimate of drug-likeness (QED) is 0.270. The van der Waals surface area contributed by atoms with Gasteiger partial charge in [-0.1, -0.05) is 42.1 Å². The maximum atomic E-state index is 12.7. The van der Waals surface area contributed by atoms with Crippen LogP contribution in [0.2, 0.25) is 0 Å². The minimum atomic E-state index is -0.478. The Balaban J connectivity index is 1.48. The number of hydrogen-bond donors (Lipinski definition) is 1. The highest BCUT2D eigenvalue weighted by Gasteiger charge is 2.23. The summed E-state index contributed by atoms with van der Waals surface area (Å²) >= 11 is 2.47. The summed E-state index contributed by atoms with van der Waals surface area (Å²) in [6.07, 6.45) is 0. The van der Waals surface area contributed by atoms with Gasteiger partial charge in [-0.3, -0.25) is 4.79 Å². The number of methoxy groups -OCH3 is 1. The van der Waals surface area contributed by atoms with Gasteiger partial charge in [0.1, 0.15) is 16.3 Å². The highest BCUT2D eigenvalue weighted by molar-refractivity contribution is 7.99. The van der Waals surface area contributed by atoms with Crippen molar-refractivity contribution >= 4 is 40.0 Å². The van der Waals surface area contributed by atoms with Crippen molar-refractivity contribution in [2.45, 2.75) is 12.1 Å². The summed E-state index contributed by atoms with van der Waals surface area (Å²) < 4.78 is 12.0. The van der Waals surface area contributed by atoms with Crippen LogP contribution in [0.25, 0.3) is 16.8 Å². The molecule has 4 aromatic rings. The van der Waals surface area contributed by atoms with Crippen molar-refractivity contribution in [3.63, 3.8) is 0 Å². The van der Waals surface area contributed by atoms with Crippen molar-refractivity contribution in [1.29, 1.82) is 0 Å². The zero-order chi connectivity index (χ0) is 23.9. The second kappa shape index (κ2) is 10.9. The van der Waals surface area contributed by atoms with Gasteiger partial charge >= 0.3 is 5.97 Å². The molecule has 1 amide bonds. The van der Waals surface area contributed by atoms with Gasteiger partial charge in [0.15, 0.2) is 0 Å². The van der Waals surface area contributed by atoms with Crippen LogP contribution in [-0.2, 0) is 9.53 Å². The summed E-state index contributed by atoms with van der Waals surface area (Å²) in [5.41, 5.74) is 2.68. The van der Waals surface area contributed by atoms with Crippen molar-refractivity contribution < 1.29 is 19.1 Å². The second-order valence-corrected chi connectivity index (χ2v) is 8.67. The zero-order valence-electron chi connectivity index (χ0n) is 18.4. The third-order valence-electron chi connectivity index (χ3n) is 4.70. The van der Waals surface area contributed by atoms with Gasteiger partial charge in [-0.15, -0.1) is 16.4 Å². The van der Waals surface area contributed by atoms with E-state index in [0.29, 0.717) is 21.5 Å². The molecule has 2 aromatic heterocycles. The molecule has 2 aromatic carbocycles. The lowest BCUT2D eigenvalue weighted by molar-refractivity contribution is -0.113. The molecular formula is C23H21N5O4S2. The Morgan fingerprint density at radius 1 is 1.12 bits per heavy atom. The summed E-state index contributed by atoms with van der Waals surface area (Å²) in [6.45, 7) is 1.98. The zero-order valence-corrected chi connectivity index (χ0v) is 20.1. The predicted octanol–water partition coefficient (Wildman–Crippen LogP) is 4.31. The van der Waals surface area contributed by atoms with E-state index in [4.69, 9.17) is 9.47 Å². The molecule has 1 N–H and O–H groups in total. The number of carbonyl (C=O) groups excluding carboxylic acids is 2.